The summed E-state index contributed by atoms with van der Waals surface area (Å²) in [5, 5.41) is 0. The van der Waals surface area contributed by atoms with Crippen molar-refractivity contribution in [2.45, 2.75) is 168 Å². The van der Waals surface area contributed by atoms with E-state index in [1.807, 2.05) is 14.1 Å². The van der Waals surface area contributed by atoms with E-state index in [1.165, 1.54) is 116 Å². The Bertz CT molecular complexity index is 663. The Morgan fingerprint density at radius 2 is 0.848 bits per heavy atom. The second-order valence-corrected chi connectivity index (χ2v) is 14.4. The number of esters is 2. The largest absolute Gasteiger partial charge is 0.464 e. The molecule has 0 unspecified atom stereocenters. The molecule has 0 aromatic heterocycles. The minimum absolute atomic E-state index is 0.00780. The summed E-state index contributed by atoms with van der Waals surface area (Å²) in [5.74, 6) is 0.845. The van der Waals surface area contributed by atoms with Crippen molar-refractivity contribution in [3.8, 4) is 0 Å². The molecular weight excluding hydrogens is 596 g/mol. The number of thioether (sulfide) groups is 1. The summed E-state index contributed by atoms with van der Waals surface area (Å²) in [5.41, 5.74) is 0. The summed E-state index contributed by atoms with van der Waals surface area (Å²) >= 11 is 1.60. The van der Waals surface area contributed by atoms with Gasteiger partial charge >= 0.3 is 11.9 Å². The zero-order valence-corrected chi connectivity index (χ0v) is 31.6. The number of ether oxygens (including phenoxy) is 2. The van der Waals surface area contributed by atoms with E-state index < -0.39 is 0 Å². The van der Waals surface area contributed by atoms with Crippen LogP contribution < -0.4 is 0 Å². The van der Waals surface area contributed by atoms with Crippen LogP contribution in [0.25, 0.3) is 0 Å². The standard InChI is InChI=1S/C38H74N2O5S/c1-5-7-9-11-13-15-17-19-21-23-25-27-37(42)44-32-29-40(36(41)35-46-34-31-39(3)4)30-33-45-38(43)28-26-24-22-20-18-16-14-12-10-8-6-2/h5-35H2,1-4H3. The fourth-order valence-corrected chi connectivity index (χ4v) is 6.41. The van der Waals surface area contributed by atoms with Gasteiger partial charge in [-0.3, -0.25) is 14.4 Å². The Kier molecular flexibility index (Phi) is 34.1. The van der Waals surface area contributed by atoms with Gasteiger partial charge in [0.1, 0.15) is 13.2 Å². The third kappa shape index (κ3) is 32.7. The highest BCUT2D eigenvalue weighted by Crippen LogP contribution is 2.14. The molecule has 0 aromatic carbocycles. The van der Waals surface area contributed by atoms with Gasteiger partial charge in [0.2, 0.25) is 5.91 Å². The summed E-state index contributed by atoms with van der Waals surface area (Å²) in [6.45, 7) is 6.42. The quantitative estimate of drug-likeness (QED) is 0.0491. The van der Waals surface area contributed by atoms with Gasteiger partial charge in [-0.05, 0) is 26.9 Å². The van der Waals surface area contributed by atoms with E-state index in [0.29, 0.717) is 31.7 Å². The van der Waals surface area contributed by atoms with Crippen molar-refractivity contribution in [1.82, 2.24) is 9.80 Å². The molecule has 0 fully saturated rings. The molecule has 0 aromatic rings. The summed E-state index contributed by atoms with van der Waals surface area (Å²) in [4.78, 5) is 41.2. The maximum atomic E-state index is 12.9. The third-order valence-corrected chi connectivity index (χ3v) is 9.40. The van der Waals surface area contributed by atoms with E-state index in [2.05, 4.69) is 18.7 Å². The van der Waals surface area contributed by atoms with Gasteiger partial charge in [0, 0.05) is 25.1 Å². The first kappa shape index (κ1) is 44.7. The van der Waals surface area contributed by atoms with E-state index in [9.17, 15) is 14.4 Å². The molecule has 0 N–H and O–H groups in total. The van der Waals surface area contributed by atoms with Crippen molar-refractivity contribution in [1.29, 1.82) is 0 Å². The predicted molar refractivity (Wildman–Crippen MR) is 197 cm³/mol. The maximum Gasteiger partial charge on any atom is 0.305 e. The molecule has 0 spiro atoms. The van der Waals surface area contributed by atoms with Gasteiger partial charge in [-0.15, -0.1) is 0 Å². The second kappa shape index (κ2) is 35.0. The number of carbonyl (C=O) groups is 3. The lowest BCUT2D eigenvalue weighted by molar-refractivity contribution is -0.147. The molecular formula is C38H74N2O5S. The molecule has 0 radical (unpaired) electrons. The Labute approximate surface area is 289 Å². The van der Waals surface area contributed by atoms with Gasteiger partial charge in [-0.1, -0.05) is 142 Å². The predicted octanol–water partition coefficient (Wildman–Crippen LogP) is 9.60. The molecule has 0 saturated carbocycles. The Hall–Kier alpha value is -1.28. The van der Waals surface area contributed by atoms with E-state index in [1.54, 1.807) is 16.7 Å². The minimum Gasteiger partial charge on any atom is -0.464 e. The van der Waals surface area contributed by atoms with Gasteiger partial charge in [0.15, 0.2) is 0 Å². The molecule has 0 aliphatic rings. The Morgan fingerprint density at radius 1 is 0.500 bits per heavy atom. The van der Waals surface area contributed by atoms with Gasteiger partial charge in [-0.2, -0.15) is 11.8 Å². The van der Waals surface area contributed by atoms with E-state index in [-0.39, 0.29) is 31.1 Å². The SMILES string of the molecule is CCCCCCCCCCCCCC(=O)OCCN(CCOC(=O)CCCCCCCCCCCCC)C(=O)CSCCN(C)C. The van der Waals surface area contributed by atoms with Crippen LogP contribution in [0, 0.1) is 0 Å². The van der Waals surface area contributed by atoms with Crippen LogP contribution in [0.4, 0.5) is 0 Å². The highest BCUT2D eigenvalue weighted by Gasteiger charge is 2.15. The molecule has 1 amide bonds. The number of hydrogen-bond donors (Lipinski definition) is 0. The summed E-state index contributed by atoms with van der Waals surface area (Å²) in [7, 11) is 4.04. The lowest BCUT2D eigenvalue weighted by atomic mass is 10.1. The third-order valence-electron chi connectivity index (χ3n) is 8.48. The first-order valence-corrected chi connectivity index (χ1v) is 20.4. The zero-order chi connectivity index (χ0) is 33.9. The van der Waals surface area contributed by atoms with E-state index >= 15 is 0 Å². The number of unbranched alkanes of at least 4 members (excludes halogenated alkanes) is 20. The molecule has 0 heterocycles. The summed E-state index contributed by atoms with van der Waals surface area (Å²) in [6, 6.07) is 0. The van der Waals surface area contributed by atoms with Crippen molar-refractivity contribution in [2.24, 2.45) is 0 Å². The number of amides is 1. The van der Waals surface area contributed by atoms with Crippen LogP contribution in [0.1, 0.15) is 168 Å². The topological polar surface area (TPSA) is 76.1 Å². The van der Waals surface area contributed by atoms with Crippen molar-refractivity contribution < 1.29 is 23.9 Å². The minimum atomic E-state index is -0.193. The zero-order valence-electron chi connectivity index (χ0n) is 30.8. The van der Waals surface area contributed by atoms with Crippen LogP contribution in [0.2, 0.25) is 0 Å². The Balaban J connectivity index is 4.15. The number of rotatable bonds is 35. The van der Waals surface area contributed by atoms with Crippen LogP contribution in [0.3, 0.4) is 0 Å². The second-order valence-electron chi connectivity index (χ2n) is 13.2. The van der Waals surface area contributed by atoms with Gasteiger partial charge < -0.3 is 19.3 Å². The molecule has 0 bridgehead atoms. The number of hydrogen-bond acceptors (Lipinski definition) is 7. The molecule has 0 aliphatic heterocycles. The number of nitrogens with zero attached hydrogens (tertiary/aromatic N) is 2. The lowest BCUT2D eigenvalue weighted by Crippen LogP contribution is -2.38. The first-order chi connectivity index (χ1) is 22.4. The van der Waals surface area contributed by atoms with Gasteiger partial charge in [-0.25, -0.2) is 0 Å². The lowest BCUT2D eigenvalue weighted by Gasteiger charge is -2.22. The molecule has 0 saturated heterocycles. The van der Waals surface area contributed by atoms with Crippen molar-refractivity contribution in [3.05, 3.63) is 0 Å². The average molecular weight is 671 g/mol. The molecule has 0 aliphatic carbocycles. The first-order valence-electron chi connectivity index (χ1n) is 19.2. The van der Waals surface area contributed by atoms with Crippen LogP contribution in [0.5, 0.6) is 0 Å². The van der Waals surface area contributed by atoms with Crippen molar-refractivity contribution in [2.75, 3.05) is 58.4 Å². The Morgan fingerprint density at radius 3 is 1.20 bits per heavy atom. The number of carbonyl (C=O) groups excluding carboxylic acids is 3. The van der Waals surface area contributed by atoms with Crippen LogP contribution in [0.15, 0.2) is 0 Å². The van der Waals surface area contributed by atoms with E-state index in [4.69, 9.17) is 9.47 Å². The smallest absolute Gasteiger partial charge is 0.305 e. The normalized spacial score (nSPS) is 11.2. The van der Waals surface area contributed by atoms with Crippen LogP contribution >= 0.6 is 11.8 Å². The van der Waals surface area contributed by atoms with Crippen molar-refractivity contribution in [3.63, 3.8) is 0 Å². The fraction of sp³-hybridized carbons (Fsp3) is 0.921. The summed E-state index contributed by atoms with van der Waals surface area (Å²) < 4.78 is 10.9. The van der Waals surface area contributed by atoms with Gasteiger partial charge in [0.25, 0.3) is 0 Å². The summed E-state index contributed by atoms with van der Waals surface area (Å²) in [6.07, 6.45) is 28.3. The molecule has 272 valence electrons. The fourth-order valence-electron chi connectivity index (χ4n) is 5.41. The molecule has 0 rings (SSSR count). The van der Waals surface area contributed by atoms with E-state index in [0.717, 1.165) is 38.0 Å². The molecule has 7 nitrogen and oxygen atoms in total. The van der Waals surface area contributed by atoms with Crippen LogP contribution in [-0.4, -0.2) is 86.1 Å². The molecule has 46 heavy (non-hydrogen) atoms. The average Bonchev–Trinajstić information content (AvgIpc) is 3.03. The monoisotopic (exact) mass is 671 g/mol. The molecule has 8 heteroatoms. The highest BCUT2D eigenvalue weighted by atomic mass is 32.2. The van der Waals surface area contributed by atoms with Crippen molar-refractivity contribution >= 4 is 29.6 Å². The van der Waals surface area contributed by atoms with Crippen LogP contribution in [-0.2, 0) is 23.9 Å². The van der Waals surface area contributed by atoms with Gasteiger partial charge in [0.05, 0.1) is 18.8 Å². The maximum absolute atomic E-state index is 12.9. The molecule has 0 atom stereocenters. The highest BCUT2D eigenvalue weighted by molar-refractivity contribution is 7.99.